The van der Waals surface area contributed by atoms with Crippen LogP contribution in [0.15, 0.2) is 6.08 Å². The summed E-state index contributed by atoms with van der Waals surface area (Å²) < 4.78 is 0. The minimum absolute atomic E-state index is 0.255. The molecule has 0 N–H and O–H groups in total. The number of rotatable bonds is 0. The number of benzene rings is 1. The Morgan fingerprint density at radius 3 is 2.00 bits per heavy atom. The molecule has 0 aromatic heterocycles. The standard InChI is InChI=1S/C9H3Cl5/c10-4-2-1-3-5(4)7(12)9(14)8(13)6(3)11/h2H,1H2. The second kappa shape index (κ2) is 3.77. The fraction of sp³-hybridized carbons (Fsp3) is 0.111. The lowest BCUT2D eigenvalue weighted by Gasteiger charge is -2.10. The monoisotopic (exact) mass is 286 g/mol. The van der Waals surface area contributed by atoms with Crippen LogP contribution in [0, 0.1) is 0 Å². The zero-order valence-corrected chi connectivity index (χ0v) is 10.5. The number of hydrogen-bond donors (Lipinski definition) is 0. The minimum Gasteiger partial charge on any atom is -0.0840 e. The summed E-state index contributed by atoms with van der Waals surface area (Å²) in [6, 6.07) is 0. The maximum absolute atomic E-state index is 6.01. The van der Waals surface area contributed by atoms with E-state index in [9.17, 15) is 0 Å². The third-order valence-corrected chi connectivity index (χ3v) is 4.27. The van der Waals surface area contributed by atoms with Gasteiger partial charge in [-0.2, -0.15) is 0 Å². The van der Waals surface area contributed by atoms with E-state index in [1.54, 1.807) is 0 Å². The Hall–Kier alpha value is 0.410. The number of hydrogen-bond acceptors (Lipinski definition) is 0. The van der Waals surface area contributed by atoms with Crippen molar-refractivity contribution in [2.45, 2.75) is 6.42 Å². The Morgan fingerprint density at radius 1 is 0.786 bits per heavy atom. The Balaban J connectivity index is 2.83. The van der Waals surface area contributed by atoms with Crippen LogP contribution >= 0.6 is 58.0 Å². The van der Waals surface area contributed by atoms with Crippen molar-refractivity contribution in [3.8, 4) is 0 Å². The zero-order valence-electron chi connectivity index (χ0n) is 6.67. The van der Waals surface area contributed by atoms with Gasteiger partial charge in [-0.25, -0.2) is 0 Å². The lowest BCUT2D eigenvalue weighted by molar-refractivity contribution is 1.31. The first-order valence-corrected chi connectivity index (χ1v) is 5.64. The molecule has 0 nitrogen and oxygen atoms in total. The van der Waals surface area contributed by atoms with Gasteiger partial charge in [0.05, 0.1) is 20.1 Å². The predicted octanol–water partition coefficient (Wildman–Crippen LogP) is 5.44. The van der Waals surface area contributed by atoms with E-state index in [2.05, 4.69) is 0 Å². The highest BCUT2D eigenvalue weighted by atomic mass is 35.5. The molecule has 74 valence electrons. The van der Waals surface area contributed by atoms with Crippen molar-refractivity contribution >= 4 is 63.0 Å². The molecule has 0 heterocycles. The molecule has 0 unspecified atom stereocenters. The summed E-state index contributed by atoms with van der Waals surface area (Å²) in [5.74, 6) is 0. The van der Waals surface area contributed by atoms with Crippen molar-refractivity contribution in [2.75, 3.05) is 0 Å². The SMILES string of the molecule is ClC1=CCc2c(Cl)c(Cl)c(Cl)c(Cl)c21. The summed E-state index contributed by atoms with van der Waals surface area (Å²) in [5.41, 5.74) is 1.55. The quantitative estimate of drug-likeness (QED) is 0.441. The van der Waals surface area contributed by atoms with Gasteiger partial charge in [0.2, 0.25) is 0 Å². The van der Waals surface area contributed by atoms with E-state index in [1.807, 2.05) is 6.08 Å². The number of halogens is 5. The predicted molar refractivity (Wildman–Crippen MR) is 64.0 cm³/mol. The lowest BCUT2D eigenvalue weighted by Crippen LogP contribution is -1.89. The van der Waals surface area contributed by atoms with E-state index < -0.39 is 0 Å². The first kappa shape index (κ1) is 10.9. The van der Waals surface area contributed by atoms with Gasteiger partial charge in [0.25, 0.3) is 0 Å². The molecule has 0 atom stereocenters. The second-order valence-corrected chi connectivity index (χ2v) is 4.78. The van der Waals surface area contributed by atoms with Crippen LogP contribution in [0.3, 0.4) is 0 Å². The summed E-state index contributed by atoms with van der Waals surface area (Å²) >= 11 is 29.8. The van der Waals surface area contributed by atoms with Gasteiger partial charge < -0.3 is 0 Å². The second-order valence-electron chi connectivity index (χ2n) is 2.87. The van der Waals surface area contributed by atoms with E-state index in [0.29, 0.717) is 27.1 Å². The van der Waals surface area contributed by atoms with Crippen molar-refractivity contribution in [1.82, 2.24) is 0 Å². The summed E-state index contributed by atoms with van der Waals surface area (Å²) in [7, 11) is 0. The van der Waals surface area contributed by atoms with Crippen molar-refractivity contribution in [1.29, 1.82) is 0 Å². The van der Waals surface area contributed by atoms with Crippen molar-refractivity contribution in [3.63, 3.8) is 0 Å². The Morgan fingerprint density at radius 2 is 1.36 bits per heavy atom. The summed E-state index contributed by atoms with van der Waals surface area (Å²) in [6.07, 6.45) is 2.47. The van der Waals surface area contributed by atoms with Crippen LogP contribution in [-0.2, 0) is 6.42 Å². The molecule has 14 heavy (non-hydrogen) atoms. The molecule has 2 rings (SSSR count). The Kier molecular flexibility index (Phi) is 2.94. The van der Waals surface area contributed by atoms with Crippen molar-refractivity contribution < 1.29 is 0 Å². The third-order valence-electron chi connectivity index (χ3n) is 2.09. The largest absolute Gasteiger partial charge is 0.0840 e. The molecular formula is C9H3Cl5. The summed E-state index contributed by atoms with van der Waals surface area (Å²) in [5, 5.41) is 1.92. The molecule has 0 fully saturated rings. The molecule has 0 saturated heterocycles. The van der Waals surface area contributed by atoms with Crippen LogP contribution in [0.4, 0.5) is 0 Å². The molecule has 1 aliphatic carbocycles. The summed E-state index contributed by atoms with van der Waals surface area (Å²) in [4.78, 5) is 0. The van der Waals surface area contributed by atoms with Crippen LogP contribution in [-0.4, -0.2) is 0 Å². The van der Waals surface area contributed by atoms with Crippen LogP contribution in [0.25, 0.3) is 5.03 Å². The van der Waals surface area contributed by atoms with E-state index in [4.69, 9.17) is 58.0 Å². The van der Waals surface area contributed by atoms with Gasteiger partial charge in [-0.05, 0) is 12.0 Å². The molecule has 0 radical (unpaired) electrons. The minimum atomic E-state index is 0.255. The molecule has 1 aromatic carbocycles. The van der Waals surface area contributed by atoms with E-state index in [1.165, 1.54) is 0 Å². The van der Waals surface area contributed by atoms with Gasteiger partial charge in [-0.15, -0.1) is 0 Å². The molecular weight excluding hydrogens is 285 g/mol. The molecule has 1 aliphatic rings. The van der Waals surface area contributed by atoms with Crippen LogP contribution in [0.5, 0.6) is 0 Å². The Labute approximate surface area is 106 Å². The maximum Gasteiger partial charge on any atom is 0.0800 e. The fourth-order valence-electron chi connectivity index (χ4n) is 1.41. The van der Waals surface area contributed by atoms with E-state index >= 15 is 0 Å². The van der Waals surface area contributed by atoms with Crippen LogP contribution < -0.4 is 0 Å². The smallest absolute Gasteiger partial charge is 0.0800 e. The fourth-order valence-corrected chi connectivity index (χ4v) is 2.82. The summed E-state index contributed by atoms with van der Waals surface area (Å²) in [6.45, 7) is 0. The molecule has 0 aliphatic heterocycles. The molecule has 5 heteroatoms. The third kappa shape index (κ3) is 1.45. The van der Waals surface area contributed by atoms with Gasteiger partial charge in [0.15, 0.2) is 0 Å². The topological polar surface area (TPSA) is 0 Å². The molecule has 0 amide bonds. The van der Waals surface area contributed by atoms with Gasteiger partial charge in [-0.3, -0.25) is 0 Å². The van der Waals surface area contributed by atoms with E-state index in [-0.39, 0.29) is 10.0 Å². The van der Waals surface area contributed by atoms with Crippen molar-refractivity contribution in [3.05, 3.63) is 37.3 Å². The Bertz CT molecular complexity index is 447. The first-order valence-electron chi connectivity index (χ1n) is 3.75. The number of allylic oxidation sites excluding steroid dienone is 1. The normalized spacial score (nSPS) is 14.2. The average molecular weight is 288 g/mol. The molecule has 0 spiro atoms. The van der Waals surface area contributed by atoms with Gasteiger partial charge in [0.1, 0.15) is 0 Å². The average Bonchev–Trinajstić information content (AvgIpc) is 2.54. The maximum atomic E-state index is 6.01. The highest BCUT2D eigenvalue weighted by Gasteiger charge is 2.24. The van der Waals surface area contributed by atoms with Crippen LogP contribution in [0.2, 0.25) is 20.1 Å². The van der Waals surface area contributed by atoms with Crippen molar-refractivity contribution in [2.24, 2.45) is 0 Å². The van der Waals surface area contributed by atoms with E-state index in [0.717, 1.165) is 5.56 Å². The first-order chi connectivity index (χ1) is 6.54. The highest BCUT2D eigenvalue weighted by Crippen LogP contribution is 2.47. The number of fused-ring (bicyclic) bond motifs is 1. The zero-order chi connectivity index (χ0) is 10.5. The molecule has 0 bridgehead atoms. The highest BCUT2D eigenvalue weighted by molar-refractivity contribution is 6.56. The van der Waals surface area contributed by atoms with Gasteiger partial charge in [0, 0.05) is 10.6 Å². The van der Waals surface area contributed by atoms with Crippen LogP contribution in [0.1, 0.15) is 11.1 Å². The van der Waals surface area contributed by atoms with Gasteiger partial charge in [-0.1, -0.05) is 64.1 Å². The molecule has 1 aromatic rings. The molecule has 0 saturated carbocycles. The van der Waals surface area contributed by atoms with Gasteiger partial charge >= 0.3 is 0 Å². The lowest BCUT2D eigenvalue weighted by atomic mass is 10.1.